The summed E-state index contributed by atoms with van der Waals surface area (Å²) in [6, 6.07) is 8.78. The van der Waals surface area contributed by atoms with E-state index in [0.717, 1.165) is 24.7 Å². The molecule has 0 spiro atoms. The lowest BCUT2D eigenvalue weighted by molar-refractivity contribution is -0.0579. The van der Waals surface area contributed by atoms with Crippen LogP contribution >= 0.6 is 11.3 Å². The van der Waals surface area contributed by atoms with Crippen molar-refractivity contribution in [3.63, 3.8) is 0 Å². The van der Waals surface area contributed by atoms with Gasteiger partial charge in [-0.1, -0.05) is 43.7 Å². The normalized spacial score (nSPS) is 39.5. The van der Waals surface area contributed by atoms with E-state index < -0.39 is 0 Å². The number of benzene rings is 1. The van der Waals surface area contributed by atoms with Crippen LogP contribution in [0.4, 0.5) is 0 Å². The van der Waals surface area contributed by atoms with Gasteiger partial charge in [-0.2, -0.15) is 0 Å². The van der Waals surface area contributed by atoms with Crippen LogP contribution in [-0.2, 0) is 6.42 Å². The number of fused-ring (bicyclic) bond motifs is 7. The van der Waals surface area contributed by atoms with Crippen molar-refractivity contribution in [2.24, 2.45) is 28.6 Å². The molecule has 0 saturated heterocycles. The van der Waals surface area contributed by atoms with Crippen LogP contribution in [-0.4, -0.2) is 16.2 Å². The molecule has 2 fully saturated rings. The monoisotopic (exact) mass is 419 g/mol. The Balaban J connectivity index is 1.39. The lowest BCUT2D eigenvalue weighted by atomic mass is 9.48. The first-order valence-corrected chi connectivity index (χ1v) is 12.7. The fourth-order valence-electron chi connectivity index (χ4n) is 7.75. The summed E-state index contributed by atoms with van der Waals surface area (Å²) in [5.41, 5.74) is 5.93. The molecule has 4 aliphatic rings. The quantitative estimate of drug-likeness (QED) is 0.560. The van der Waals surface area contributed by atoms with E-state index in [9.17, 15) is 5.11 Å². The number of aromatic nitrogens is 1. The minimum Gasteiger partial charge on any atom is -0.393 e. The molecule has 0 bridgehead atoms. The number of thiazole rings is 1. The van der Waals surface area contributed by atoms with E-state index in [1.165, 1.54) is 58.8 Å². The first-order valence-electron chi connectivity index (χ1n) is 11.9. The van der Waals surface area contributed by atoms with Gasteiger partial charge < -0.3 is 5.11 Å². The molecule has 6 rings (SSSR count). The third-order valence-electron chi connectivity index (χ3n) is 9.50. The lowest BCUT2D eigenvalue weighted by Crippen LogP contribution is -2.50. The maximum Gasteiger partial charge on any atom is 0.124 e. The van der Waals surface area contributed by atoms with Crippen LogP contribution in [0, 0.1) is 35.5 Å². The van der Waals surface area contributed by atoms with Crippen molar-refractivity contribution in [3.05, 3.63) is 46.5 Å². The molecule has 2 aromatic rings. The molecule has 2 nitrogen and oxygen atoms in total. The fourth-order valence-corrected chi connectivity index (χ4v) is 9.04. The fraction of sp³-hybridized carbons (Fsp3) is 0.593. The van der Waals surface area contributed by atoms with Gasteiger partial charge in [0, 0.05) is 5.56 Å². The van der Waals surface area contributed by atoms with Crippen LogP contribution in [0.1, 0.15) is 68.5 Å². The average Bonchev–Trinajstić information content (AvgIpc) is 3.29. The van der Waals surface area contributed by atoms with Crippen molar-refractivity contribution in [2.75, 3.05) is 0 Å². The largest absolute Gasteiger partial charge is 0.393 e. The Labute approximate surface area is 184 Å². The zero-order valence-corrected chi connectivity index (χ0v) is 19.3. The van der Waals surface area contributed by atoms with Crippen molar-refractivity contribution in [3.8, 4) is 10.6 Å². The maximum absolute atomic E-state index is 10.7. The Hall–Kier alpha value is -1.45. The molecule has 0 aliphatic heterocycles. The zero-order valence-electron chi connectivity index (χ0n) is 18.4. The van der Waals surface area contributed by atoms with E-state index in [1.54, 1.807) is 5.57 Å². The molecular weight excluding hydrogens is 386 g/mol. The van der Waals surface area contributed by atoms with Crippen molar-refractivity contribution in [1.82, 2.24) is 4.98 Å². The van der Waals surface area contributed by atoms with Crippen LogP contribution in [0.15, 0.2) is 30.3 Å². The molecule has 1 aromatic heterocycles. The standard InChI is InChI=1S/C27H33NOS/c1-16-5-4-6-17(15-16)25-28-22-12-14-26(2)20-11-13-27(3)19(9-10-23(27)29)18(20)7-8-21(26)24(22)30-25/h4-6,8,15,18-20,23,29H,7,9-14H2,1-3H3/t18-,19-,20-,23?,26+,27-/m0/s1. The van der Waals surface area contributed by atoms with E-state index in [1.807, 2.05) is 11.3 Å². The highest BCUT2D eigenvalue weighted by Gasteiger charge is 2.58. The van der Waals surface area contributed by atoms with Gasteiger partial charge in [-0.3, -0.25) is 0 Å². The molecule has 2 saturated carbocycles. The third kappa shape index (κ3) is 2.54. The molecule has 3 heteroatoms. The number of hydrogen-bond donors (Lipinski definition) is 1. The van der Waals surface area contributed by atoms with Gasteiger partial charge in [-0.05, 0) is 92.1 Å². The summed E-state index contributed by atoms with van der Waals surface area (Å²) in [6.07, 6.45) is 10.8. The summed E-state index contributed by atoms with van der Waals surface area (Å²) in [5, 5.41) is 11.9. The van der Waals surface area contributed by atoms with Gasteiger partial charge in [0.25, 0.3) is 0 Å². The second-order valence-electron chi connectivity index (χ2n) is 10.9. The lowest BCUT2D eigenvalue weighted by Gasteiger charge is -2.56. The summed E-state index contributed by atoms with van der Waals surface area (Å²) in [7, 11) is 0. The number of hydrogen-bond acceptors (Lipinski definition) is 3. The van der Waals surface area contributed by atoms with E-state index in [-0.39, 0.29) is 16.9 Å². The minimum absolute atomic E-state index is 0.0852. The highest BCUT2D eigenvalue weighted by Crippen LogP contribution is 2.66. The molecule has 1 unspecified atom stereocenters. The number of nitrogens with zero attached hydrogens (tertiary/aromatic N) is 1. The SMILES string of the molecule is Cc1cccc(-c2nc3c(s2)C2=CC[C@@H]4[C@H](CC[C@]5(C)C(O)CC[C@@H]45)[C@@]2(C)CC3)c1. The highest BCUT2D eigenvalue weighted by atomic mass is 32.1. The first-order chi connectivity index (χ1) is 14.4. The zero-order chi connectivity index (χ0) is 20.7. The number of aliphatic hydroxyl groups is 1. The average molecular weight is 420 g/mol. The van der Waals surface area contributed by atoms with Crippen molar-refractivity contribution < 1.29 is 5.11 Å². The summed E-state index contributed by atoms with van der Waals surface area (Å²) in [4.78, 5) is 6.58. The maximum atomic E-state index is 10.7. The number of rotatable bonds is 1. The molecule has 1 heterocycles. The summed E-state index contributed by atoms with van der Waals surface area (Å²) in [5.74, 6) is 2.21. The second-order valence-corrected chi connectivity index (χ2v) is 11.9. The molecule has 30 heavy (non-hydrogen) atoms. The van der Waals surface area contributed by atoms with Crippen molar-refractivity contribution in [1.29, 1.82) is 0 Å². The van der Waals surface area contributed by atoms with E-state index in [4.69, 9.17) is 4.98 Å². The molecule has 158 valence electrons. The molecule has 1 N–H and O–H groups in total. The molecule has 0 amide bonds. The number of aryl methyl sites for hydroxylation is 2. The van der Waals surface area contributed by atoms with Crippen LogP contribution in [0.2, 0.25) is 0 Å². The van der Waals surface area contributed by atoms with E-state index >= 15 is 0 Å². The third-order valence-corrected chi connectivity index (χ3v) is 10.7. The topological polar surface area (TPSA) is 33.1 Å². The van der Waals surface area contributed by atoms with Gasteiger partial charge >= 0.3 is 0 Å². The summed E-state index contributed by atoms with van der Waals surface area (Å²) < 4.78 is 0. The van der Waals surface area contributed by atoms with Gasteiger partial charge in [0.1, 0.15) is 5.01 Å². The van der Waals surface area contributed by atoms with Gasteiger partial charge in [0.2, 0.25) is 0 Å². The predicted molar refractivity (Wildman–Crippen MR) is 124 cm³/mol. The van der Waals surface area contributed by atoms with Crippen molar-refractivity contribution in [2.45, 2.75) is 71.8 Å². The van der Waals surface area contributed by atoms with Crippen LogP contribution < -0.4 is 0 Å². The smallest absolute Gasteiger partial charge is 0.124 e. The second kappa shape index (κ2) is 6.53. The molecular formula is C27H33NOS. The van der Waals surface area contributed by atoms with Gasteiger partial charge in [-0.25, -0.2) is 4.98 Å². The van der Waals surface area contributed by atoms with Gasteiger partial charge in [-0.15, -0.1) is 11.3 Å². The van der Waals surface area contributed by atoms with Crippen LogP contribution in [0.25, 0.3) is 16.1 Å². The summed E-state index contributed by atoms with van der Waals surface area (Å²) >= 11 is 1.92. The predicted octanol–water partition coefficient (Wildman–Crippen LogP) is 6.66. The van der Waals surface area contributed by atoms with Gasteiger partial charge in [0.15, 0.2) is 0 Å². The molecule has 1 aromatic carbocycles. The summed E-state index contributed by atoms with van der Waals surface area (Å²) in [6.45, 7) is 7.09. The number of aliphatic hydroxyl groups excluding tert-OH is 1. The molecule has 0 radical (unpaired) electrons. The minimum atomic E-state index is -0.0852. The Bertz CT molecular complexity index is 1040. The Morgan fingerprint density at radius 3 is 2.80 bits per heavy atom. The van der Waals surface area contributed by atoms with E-state index in [0.29, 0.717) is 5.92 Å². The van der Waals surface area contributed by atoms with Crippen LogP contribution in [0.5, 0.6) is 0 Å². The Morgan fingerprint density at radius 1 is 1.10 bits per heavy atom. The van der Waals surface area contributed by atoms with Crippen LogP contribution in [0.3, 0.4) is 0 Å². The molecule has 4 aliphatic carbocycles. The molecule has 6 atom stereocenters. The first kappa shape index (κ1) is 19.3. The highest BCUT2D eigenvalue weighted by molar-refractivity contribution is 7.16. The van der Waals surface area contributed by atoms with Crippen molar-refractivity contribution >= 4 is 16.9 Å². The van der Waals surface area contributed by atoms with Gasteiger partial charge in [0.05, 0.1) is 16.7 Å². The Kier molecular flexibility index (Phi) is 4.19. The number of allylic oxidation sites excluding steroid dienone is 2. The van der Waals surface area contributed by atoms with E-state index in [2.05, 4.69) is 51.1 Å². The Morgan fingerprint density at radius 2 is 1.97 bits per heavy atom.